The van der Waals surface area contributed by atoms with E-state index in [1.54, 1.807) is 7.11 Å². The first-order valence-corrected chi connectivity index (χ1v) is 8.35. The highest BCUT2D eigenvalue weighted by atomic mass is 16.5. The number of nitrogens with one attached hydrogen (secondary N) is 1. The van der Waals surface area contributed by atoms with Crippen LogP contribution in [0.1, 0.15) is 51.1 Å². The number of rotatable bonds is 7. The lowest BCUT2D eigenvalue weighted by molar-refractivity contribution is 0.190. The first-order valence-electron chi connectivity index (χ1n) is 8.35. The molecule has 1 aliphatic heterocycles. The fourth-order valence-corrected chi connectivity index (χ4v) is 3.05. The number of nitrogens with zero attached hydrogens (tertiary/aromatic N) is 1. The molecule has 1 fully saturated rings. The van der Waals surface area contributed by atoms with E-state index in [0.29, 0.717) is 12.1 Å². The van der Waals surface area contributed by atoms with Crippen LogP contribution in [0.5, 0.6) is 5.75 Å². The van der Waals surface area contributed by atoms with Gasteiger partial charge in [-0.3, -0.25) is 0 Å². The molecule has 3 nitrogen and oxygen atoms in total. The van der Waals surface area contributed by atoms with Crippen LogP contribution in [0.15, 0.2) is 24.3 Å². The normalized spacial score (nSPS) is 18.6. The number of hydrogen-bond acceptors (Lipinski definition) is 3. The van der Waals surface area contributed by atoms with Crippen molar-refractivity contribution in [1.82, 2.24) is 10.2 Å². The highest BCUT2D eigenvalue weighted by Crippen LogP contribution is 2.20. The molecule has 0 amide bonds. The smallest absolute Gasteiger partial charge is 0.118 e. The molecule has 0 radical (unpaired) electrons. The Kier molecular flexibility index (Phi) is 6.52. The van der Waals surface area contributed by atoms with Gasteiger partial charge in [0, 0.05) is 12.1 Å². The van der Waals surface area contributed by atoms with E-state index in [1.165, 1.54) is 50.9 Å². The van der Waals surface area contributed by atoms with Gasteiger partial charge in [-0.25, -0.2) is 0 Å². The van der Waals surface area contributed by atoms with Crippen molar-refractivity contribution in [3.8, 4) is 5.75 Å². The summed E-state index contributed by atoms with van der Waals surface area (Å²) in [5.74, 6) is 0.926. The van der Waals surface area contributed by atoms with Gasteiger partial charge in [0.25, 0.3) is 0 Å². The predicted octanol–water partition coefficient (Wildman–Crippen LogP) is 3.61. The Morgan fingerprint density at radius 3 is 2.48 bits per heavy atom. The van der Waals surface area contributed by atoms with Gasteiger partial charge < -0.3 is 15.0 Å². The van der Waals surface area contributed by atoms with Gasteiger partial charge in [0.2, 0.25) is 0 Å². The van der Waals surface area contributed by atoms with Crippen molar-refractivity contribution in [3.05, 3.63) is 29.8 Å². The second-order valence-electron chi connectivity index (χ2n) is 6.13. The summed E-state index contributed by atoms with van der Waals surface area (Å²) in [6, 6.07) is 9.46. The lowest BCUT2D eigenvalue weighted by Gasteiger charge is -2.34. The highest BCUT2D eigenvalue weighted by molar-refractivity contribution is 5.28. The molecule has 0 aromatic heterocycles. The van der Waals surface area contributed by atoms with Crippen LogP contribution in [0, 0.1) is 0 Å². The van der Waals surface area contributed by atoms with Crippen molar-refractivity contribution in [3.63, 3.8) is 0 Å². The van der Waals surface area contributed by atoms with Gasteiger partial charge in [-0.2, -0.15) is 0 Å². The highest BCUT2D eigenvalue weighted by Gasteiger charge is 2.20. The molecule has 0 saturated carbocycles. The topological polar surface area (TPSA) is 24.5 Å². The fraction of sp³-hybridized carbons (Fsp3) is 0.667. The zero-order chi connectivity index (χ0) is 15.1. The third kappa shape index (κ3) is 5.01. The van der Waals surface area contributed by atoms with Crippen LogP contribution in [0.3, 0.4) is 0 Å². The van der Waals surface area contributed by atoms with E-state index in [1.807, 2.05) is 12.1 Å². The number of unbranched alkanes of at least 4 members (excludes halogenated alkanes) is 1. The summed E-state index contributed by atoms with van der Waals surface area (Å²) in [5, 5.41) is 3.78. The second-order valence-corrected chi connectivity index (χ2v) is 6.13. The first-order chi connectivity index (χ1) is 10.2. The minimum Gasteiger partial charge on any atom is -0.497 e. The summed E-state index contributed by atoms with van der Waals surface area (Å²) in [6.07, 6.45) is 5.17. The summed E-state index contributed by atoms with van der Waals surface area (Å²) < 4.78 is 5.22. The number of likely N-dealkylation sites (tertiary alicyclic amines) is 1. The Bertz CT molecular complexity index is 396. The van der Waals surface area contributed by atoms with E-state index in [0.717, 1.165) is 5.75 Å². The first kappa shape index (κ1) is 16.3. The Morgan fingerprint density at radius 1 is 1.24 bits per heavy atom. The van der Waals surface area contributed by atoms with Gasteiger partial charge in [-0.15, -0.1) is 0 Å². The standard InChI is InChI=1S/C18H30N2O/c1-4-5-12-20-13-10-17(11-14-20)19-15(2)16-6-8-18(21-3)9-7-16/h6-9,15,17,19H,4-5,10-14H2,1-3H3. The molecule has 1 aromatic carbocycles. The molecule has 1 aliphatic rings. The zero-order valence-electron chi connectivity index (χ0n) is 13.8. The third-order valence-corrected chi connectivity index (χ3v) is 4.52. The molecule has 118 valence electrons. The van der Waals surface area contributed by atoms with Crippen LogP contribution >= 0.6 is 0 Å². The van der Waals surface area contributed by atoms with Gasteiger partial charge in [-0.1, -0.05) is 25.5 Å². The molecule has 1 atom stereocenters. The largest absolute Gasteiger partial charge is 0.497 e. The molecule has 1 N–H and O–H groups in total. The van der Waals surface area contributed by atoms with Crippen molar-refractivity contribution in [2.45, 2.75) is 51.6 Å². The van der Waals surface area contributed by atoms with Crippen molar-refractivity contribution in [2.75, 3.05) is 26.7 Å². The fourth-order valence-electron chi connectivity index (χ4n) is 3.05. The van der Waals surface area contributed by atoms with Gasteiger partial charge in [-0.05, 0) is 63.5 Å². The molecule has 1 aromatic rings. The number of methoxy groups -OCH3 is 1. The number of benzene rings is 1. The summed E-state index contributed by atoms with van der Waals surface area (Å²) >= 11 is 0. The zero-order valence-corrected chi connectivity index (χ0v) is 13.8. The molecular formula is C18H30N2O. The molecule has 3 heteroatoms. The van der Waals surface area contributed by atoms with E-state index in [9.17, 15) is 0 Å². The molecule has 0 bridgehead atoms. The maximum absolute atomic E-state index is 5.22. The Labute approximate surface area is 129 Å². The molecule has 1 unspecified atom stereocenters. The van der Waals surface area contributed by atoms with Crippen LogP contribution in [-0.4, -0.2) is 37.7 Å². The molecule has 1 heterocycles. The minimum absolute atomic E-state index is 0.406. The second kappa shape index (κ2) is 8.40. The monoisotopic (exact) mass is 290 g/mol. The predicted molar refractivity (Wildman–Crippen MR) is 88.9 cm³/mol. The van der Waals surface area contributed by atoms with Crippen LogP contribution in [0.25, 0.3) is 0 Å². The molecule has 2 rings (SSSR count). The number of hydrogen-bond donors (Lipinski definition) is 1. The van der Waals surface area contributed by atoms with Gasteiger partial charge in [0.15, 0.2) is 0 Å². The third-order valence-electron chi connectivity index (χ3n) is 4.52. The van der Waals surface area contributed by atoms with E-state index in [-0.39, 0.29) is 0 Å². The summed E-state index contributed by atoms with van der Waals surface area (Å²) in [7, 11) is 1.71. The SMILES string of the molecule is CCCCN1CCC(NC(C)c2ccc(OC)cc2)CC1. The minimum atomic E-state index is 0.406. The Balaban J connectivity index is 1.76. The van der Waals surface area contributed by atoms with E-state index < -0.39 is 0 Å². The van der Waals surface area contributed by atoms with Gasteiger partial charge in [0.05, 0.1) is 7.11 Å². The van der Waals surface area contributed by atoms with Crippen LogP contribution in [0.4, 0.5) is 0 Å². The Morgan fingerprint density at radius 2 is 1.90 bits per heavy atom. The Hall–Kier alpha value is -1.06. The molecule has 1 saturated heterocycles. The summed E-state index contributed by atoms with van der Waals surface area (Å²) in [4.78, 5) is 2.61. The quantitative estimate of drug-likeness (QED) is 0.830. The van der Waals surface area contributed by atoms with Gasteiger partial charge in [0.1, 0.15) is 5.75 Å². The van der Waals surface area contributed by atoms with Crippen LogP contribution in [-0.2, 0) is 0 Å². The van der Waals surface area contributed by atoms with Crippen molar-refractivity contribution >= 4 is 0 Å². The van der Waals surface area contributed by atoms with E-state index >= 15 is 0 Å². The summed E-state index contributed by atoms with van der Waals surface area (Å²) in [6.45, 7) is 8.29. The average molecular weight is 290 g/mol. The molecule has 21 heavy (non-hydrogen) atoms. The average Bonchev–Trinajstić information content (AvgIpc) is 2.54. The van der Waals surface area contributed by atoms with Crippen molar-refractivity contribution in [1.29, 1.82) is 0 Å². The molecule has 0 aliphatic carbocycles. The maximum Gasteiger partial charge on any atom is 0.118 e. The lowest BCUT2D eigenvalue weighted by Crippen LogP contribution is -2.43. The lowest BCUT2D eigenvalue weighted by atomic mass is 10.0. The van der Waals surface area contributed by atoms with Crippen molar-refractivity contribution < 1.29 is 4.74 Å². The summed E-state index contributed by atoms with van der Waals surface area (Å²) in [5.41, 5.74) is 1.34. The van der Waals surface area contributed by atoms with Gasteiger partial charge >= 0.3 is 0 Å². The molecule has 0 spiro atoms. The van der Waals surface area contributed by atoms with Crippen LogP contribution in [0.2, 0.25) is 0 Å². The number of piperidine rings is 1. The number of ether oxygens (including phenoxy) is 1. The van der Waals surface area contributed by atoms with E-state index in [4.69, 9.17) is 4.74 Å². The van der Waals surface area contributed by atoms with E-state index in [2.05, 4.69) is 36.2 Å². The maximum atomic E-state index is 5.22. The van der Waals surface area contributed by atoms with Crippen molar-refractivity contribution in [2.24, 2.45) is 0 Å². The van der Waals surface area contributed by atoms with Crippen LogP contribution < -0.4 is 10.1 Å². The molecular weight excluding hydrogens is 260 g/mol.